The van der Waals surface area contributed by atoms with E-state index >= 15 is 0 Å². The van der Waals surface area contributed by atoms with Crippen LogP contribution in [0.1, 0.15) is 39.3 Å². The Bertz CT molecular complexity index is 1640. The molecule has 4 nitrogen and oxygen atoms in total. The highest BCUT2D eigenvalue weighted by Gasteiger charge is 2.68. The van der Waals surface area contributed by atoms with E-state index in [0.29, 0.717) is 5.69 Å². The van der Waals surface area contributed by atoms with Crippen LogP contribution in [0.2, 0.25) is 0 Å². The number of aliphatic imine (C=N–C) groups is 1. The third kappa shape index (κ3) is 3.05. The van der Waals surface area contributed by atoms with E-state index in [9.17, 15) is 9.59 Å². The van der Waals surface area contributed by atoms with Crippen molar-refractivity contribution >= 4 is 45.3 Å². The summed E-state index contributed by atoms with van der Waals surface area (Å²) in [6.07, 6.45) is 1.94. The summed E-state index contributed by atoms with van der Waals surface area (Å²) in [4.78, 5) is 35.2. The molecule has 0 saturated carbocycles. The molecule has 0 N–H and O–H groups in total. The van der Waals surface area contributed by atoms with Crippen LogP contribution < -0.4 is 4.90 Å². The Morgan fingerprint density at radius 1 is 0.816 bits per heavy atom. The Morgan fingerprint density at radius 2 is 1.50 bits per heavy atom. The molecule has 186 valence electrons. The third-order valence-corrected chi connectivity index (χ3v) is 9.00. The fraction of sp³-hybridized carbons (Fsp3) is 0.182. The SMILES string of the molecule is Cc1ccc(N2C(=O)[C@@H]3C4c5ccccc5C(C=Nc5cccc(Br)c5)(c5ccccc54)[C@@H]3C2=O)c(C)c1. The second-order valence-electron chi connectivity index (χ2n) is 10.6. The number of hydrogen-bond acceptors (Lipinski definition) is 3. The van der Waals surface area contributed by atoms with Gasteiger partial charge in [-0.25, -0.2) is 4.90 Å². The summed E-state index contributed by atoms with van der Waals surface area (Å²) in [5, 5.41) is 0. The maximum atomic E-state index is 14.5. The summed E-state index contributed by atoms with van der Waals surface area (Å²) in [5.41, 5.74) is 6.95. The lowest BCUT2D eigenvalue weighted by atomic mass is 9.47. The molecule has 4 aromatic rings. The largest absolute Gasteiger partial charge is 0.274 e. The van der Waals surface area contributed by atoms with Gasteiger partial charge in [-0.2, -0.15) is 0 Å². The molecule has 8 rings (SSSR count). The number of aryl methyl sites for hydroxylation is 2. The lowest BCUT2D eigenvalue weighted by Crippen LogP contribution is -2.54. The molecule has 1 saturated heterocycles. The summed E-state index contributed by atoms with van der Waals surface area (Å²) in [6.45, 7) is 3.98. The zero-order valence-corrected chi connectivity index (χ0v) is 22.6. The van der Waals surface area contributed by atoms with Crippen molar-refractivity contribution in [1.29, 1.82) is 0 Å². The second-order valence-corrected chi connectivity index (χ2v) is 11.5. The number of imide groups is 1. The number of rotatable bonds is 3. The molecule has 5 heteroatoms. The van der Waals surface area contributed by atoms with E-state index in [0.717, 1.165) is 43.5 Å². The Labute approximate surface area is 230 Å². The first-order chi connectivity index (χ1) is 18.4. The minimum absolute atomic E-state index is 0.124. The van der Waals surface area contributed by atoms with E-state index < -0.39 is 17.3 Å². The van der Waals surface area contributed by atoms with E-state index in [2.05, 4.69) is 40.2 Å². The summed E-state index contributed by atoms with van der Waals surface area (Å²) in [5.74, 6) is -1.54. The molecular weight excluding hydrogens is 536 g/mol. The Hall–Kier alpha value is -3.83. The van der Waals surface area contributed by atoms with Crippen molar-refractivity contribution in [2.24, 2.45) is 16.8 Å². The van der Waals surface area contributed by atoms with Crippen LogP contribution in [0.4, 0.5) is 11.4 Å². The van der Waals surface area contributed by atoms with Gasteiger partial charge < -0.3 is 0 Å². The molecule has 0 spiro atoms. The molecule has 3 aliphatic carbocycles. The fourth-order valence-electron chi connectivity index (χ4n) is 7.08. The van der Waals surface area contributed by atoms with E-state index in [-0.39, 0.29) is 17.7 Å². The van der Waals surface area contributed by atoms with Crippen molar-refractivity contribution in [3.8, 4) is 0 Å². The van der Waals surface area contributed by atoms with Crippen LogP contribution in [0, 0.1) is 25.7 Å². The lowest BCUT2D eigenvalue weighted by Gasteiger charge is -2.52. The lowest BCUT2D eigenvalue weighted by molar-refractivity contribution is -0.122. The van der Waals surface area contributed by atoms with E-state index in [1.807, 2.05) is 86.8 Å². The van der Waals surface area contributed by atoms with Crippen LogP contribution in [0.25, 0.3) is 0 Å². The number of amides is 2. The highest BCUT2D eigenvalue weighted by Crippen LogP contribution is 2.63. The average molecular weight is 561 g/mol. The fourth-order valence-corrected chi connectivity index (χ4v) is 7.46. The van der Waals surface area contributed by atoms with Crippen LogP contribution in [0.15, 0.2) is 100 Å². The van der Waals surface area contributed by atoms with E-state index in [4.69, 9.17) is 4.99 Å². The number of hydrogen-bond donors (Lipinski definition) is 0. The van der Waals surface area contributed by atoms with Crippen molar-refractivity contribution in [3.63, 3.8) is 0 Å². The molecule has 1 heterocycles. The zero-order valence-electron chi connectivity index (χ0n) is 21.1. The molecule has 2 atom stereocenters. The maximum absolute atomic E-state index is 14.5. The molecular formula is C33H25BrN2O2. The Kier molecular flexibility index (Phi) is 5.11. The standard InChI is InChI=1S/C33H25BrN2O2/c1-19-14-15-27(20(2)16-19)36-31(37)29-28-23-10-3-5-12-25(23)33(30(29)32(36)38,26-13-6-4-11-24(26)28)18-35-22-9-7-8-21(34)17-22/h3-18,28-30H,1-2H3/t28?,29-,30+,33?/m1/s1. The van der Waals surface area contributed by atoms with Gasteiger partial charge in [-0.15, -0.1) is 0 Å². The zero-order chi connectivity index (χ0) is 26.2. The van der Waals surface area contributed by atoms with Gasteiger partial charge in [-0.05, 0) is 65.9 Å². The molecule has 0 aromatic heterocycles. The maximum Gasteiger partial charge on any atom is 0.239 e. The molecule has 1 fully saturated rings. The number of benzene rings is 4. The van der Waals surface area contributed by atoms with Crippen LogP contribution in [0.5, 0.6) is 0 Å². The molecule has 1 aliphatic heterocycles. The predicted octanol–water partition coefficient (Wildman–Crippen LogP) is 7.02. The van der Waals surface area contributed by atoms with Crippen LogP contribution >= 0.6 is 15.9 Å². The van der Waals surface area contributed by atoms with Gasteiger partial charge in [0.15, 0.2) is 0 Å². The highest BCUT2D eigenvalue weighted by atomic mass is 79.9. The minimum atomic E-state index is -0.866. The van der Waals surface area contributed by atoms with Gasteiger partial charge in [0.1, 0.15) is 0 Å². The average Bonchev–Trinajstić information content (AvgIpc) is 3.18. The number of carbonyl (C=O) groups excluding carboxylic acids is 2. The second kappa shape index (κ2) is 8.34. The number of nitrogens with zero attached hydrogens (tertiary/aromatic N) is 2. The van der Waals surface area contributed by atoms with Gasteiger partial charge in [-0.1, -0.05) is 88.2 Å². The first kappa shape index (κ1) is 23.3. The third-order valence-electron chi connectivity index (χ3n) is 8.50. The number of halogens is 1. The molecule has 0 unspecified atom stereocenters. The Morgan fingerprint density at radius 3 is 2.16 bits per heavy atom. The van der Waals surface area contributed by atoms with Crippen molar-refractivity contribution in [2.45, 2.75) is 25.2 Å². The predicted molar refractivity (Wildman–Crippen MR) is 153 cm³/mol. The van der Waals surface area contributed by atoms with E-state index in [1.165, 1.54) is 4.90 Å². The van der Waals surface area contributed by atoms with Crippen molar-refractivity contribution in [1.82, 2.24) is 0 Å². The summed E-state index contributed by atoms with van der Waals surface area (Å²) >= 11 is 3.55. The van der Waals surface area contributed by atoms with Crippen molar-refractivity contribution in [3.05, 3.63) is 129 Å². The van der Waals surface area contributed by atoms with Crippen LogP contribution in [-0.2, 0) is 15.0 Å². The highest BCUT2D eigenvalue weighted by molar-refractivity contribution is 9.10. The normalized spacial score (nSPS) is 25.0. The summed E-state index contributed by atoms with van der Waals surface area (Å²) in [6, 6.07) is 30.3. The summed E-state index contributed by atoms with van der Waals surface area (Å²) in [7, 11) is 0. The molecule has 38 heavy (non-hydrogen) atoms. The first-order valence-corrected chi connectivity index (χ1v) is 13.7. The van der Waals surface area contributed by atoms with Gasteiger partial charge in [0.2, 0.25) is 11.8 Å². The van der Waals surface area contributed by atoms with Crippen LogP contribution in [0.3, 0.4) is 0 Å². The van der Waals surface area contributed by atoms with Gasteiger partial charge in [-0.3, -0.25) is 14.6 Å². The van der Waals surface area contributed by atoms with Gasteiger partial charge in [0, 0.05) is 16.6 Å². The molecule has 0 radical (unpaired) electrons. The summed E-state index contributed by atoms with van der Waals surface area (Å²) < 4.78 is 0.934. The topological polar surface area (TPSA) is 49.7 Å². The van der Waals surface area contributed by atoms with Gasteiger partial charge in [0.25, 0.3) is 0 Å². The molecule has 2 bridgehead atoms. The quantitative estimate of drug-likeness (QED) is 0.199. The Balaban J connectivity index is 1.51. The van der Waals surface area contributed by atoms with Crippen molar-refractivity contribution < 1.29 is 9.59 Å². The van der Waals surface area contributed by atoms with Gasteiger partial charge >= 0.3 is 0 Å². The molecule has 2 amide bonds. The van der Waals surface area contributed by atoms with Crippen LogP contribution in [-0.4, -0.2) is 18.0 Å². The van der Waals surface area contributed by atoms with Crippen molar-refractivity contribution in [2.75, 3.05) is 4.90 Å². The minimum Gasteiger partial charge on any atom is -0.274 e. The number of carbonyl (C=O) groups is 2. The van der Waals surface area contributed by atoms with E-state index in [1.54, 1.807) is 0 Å². The molecule has 4 aromatic carbocycles. The molecule has 4 aliphatic rings. The van der Waals surface area contributed by atoms with Gasteiger partial charge in [0.05, 0.1) is 28.6 Å². The smallest absolute Gasteiger partial charge is 0.239 e. The monoisotopic (exact) mass is 560 g/mol. The number of anilines is 1. The first-order valence-electron chi connectivity index (χ1n) is 12.9.